The number of anilines is 1. The van der Waals surface area contributed by atoms with Gasteiger partial charge in [0.1, 0.15) is 0 Å². The number of carbonyl (C=O) groups is 1. The third-order valence-corrected chi connectivity index (χ3v) is 3.87. The van der Waals surface area contributed by atoms with Crippen molar-refractivity contribution in [2.24, 2.45) is 0 Å². The molecule has 0 radical (unpaired) electrons. The number of β-lactam (4-membered cyclic amide) rings is 1. The average molecular weight is 315 g/mol. The van der Waals surface area contributed by atoms with Crippen LogP contribution in [0.3, 0.4) is 0 Å². The smallest absolute Gasteiger partial charge is 0.256 e. The van der Waals surface area contributed by atoms with E-state index in [1.165, 1.54) is 21.3 Å². The molecule has 0 N–H and O–H groups in total. The van der Waals surface area contributed by atoms with Crippen LogP contribution in [0, 0.1) is 0 Å². The maximum absolute atomic E-state index is 12.3. The molecular formula is C17H17NO5. The van der Waals surface area contributed by atoms with Crippen LogP contribution in [-0.2, 0) is 4.79 Å². The number of nitrogens with zero attached hydrogens (tertiary/aromatic N) is 1. The van der Waals surface area contributed by atoms with E-state index in [4.69, 9.17) is 18.6 Å². The SMILES string of the molecule is C=C1C(=O)N(c2cc(OC)c(OC)c(OC)c2)C1c1ccoc1. The van der Waals surface area contributed by atoms with Crippen molar-refractivity contribution in [3.05, 3.63) is 48.4 Å². The molecule has 1 amide bonds. The molecule has 0 spiro atoms. The Morgan fingerprint density at radius 1 is 1.13 bits per heavy atom. The summed E-state index contributed by atoms with van der Waals surface area (Å²) in [7, 11) is 4.60. The van der Waals surface area contributed by atoms with Crippen LogP contribution >= 0.6 is 0 Å². The highest BCUT2D eigenvalue weighted by Gasteiger charge is 2.43. The summed E-state index contributed by atoms with van der Waals surface area (Å²) in [5.74, 6) is 1.30. The van der Waals surface area contributed by atoms with E-state index < -0.39 is 0 Å². The lowest BCUT2D eigenvalue weighted by atomic mass is 9.90. The van der Waals surface area contributed by atoms with E-state index in [0.29, 0.717) is 28.5 Å². The first kappa shape index (κ1) is 15.0. The van der Waals surface area contributed by atoms with Gasteiger partial charge >= 0.3 is 0 Å². The average Bonchev–Trinajstić information content (AvgIpc) is 3.10. The monoisotopic (exact) mass is 315 g/mol. The van der Waals surface area contributed by atoms with Gasteiger partial charge in [0.2, 0.25) is 5.75 Å². The Morgan fingerprint density at radius 2 is 1.78 bits per heavy atom. The van der Waals surface area contributed by atoms with Crippen LogP contribution in [0.25, 0.3) is 0 Å². The van der Waals surface area contributed by atoms with Crippen LogP contribution in [-0.4, -0.2) is 27.2 Å². The minimum absolute atomic E-state index is 0.148. The van der Waals surface area contributed by atoms with Crippen LogP contribution in [0.2, 0.25) is 0 Å². The minimum Gasteiger partial charge on any atom is -0.493 e. The Morgan fingerprint density at radius 3 is 2.26 bits per heavy atom. The van der Waals surface area contributed by atoms with Crippen molar-refractivity contribution >= 4 is 11.6 Å². The van der Waals surface area contributed by atoms with Crippen LogP contribution in [0.1, 0.15) is 11.6 Å². The van der Waals surface area contributed by atoms with Gasteiger partial charge in [-0.05, 0) is 6.07 Å². The number of hydrogen-bond acceptors (Lipinski definition) is 5. The van der Waals surface area contributed by atoms with E-state index >= 15 is 0 Å². The van der Waals surface area contributed by atoms with Crippen LogP contribution < -0.4 is 19.1 Å². The second kappa shape index (κ2) is 5.72. The van der Waals surface area contributed by atoms with Gasteiger partial charge in [-0.25, -0.2) is 0 Å². The summed E-state index contributed by atoms with van der Waals surface area (Å²) in [5, 5.41) is 0. The standard InChI is InChI=1S/C17H17NO5/c1-10-15(11-5-6-23-9-11)18(17(10)19)12-7-13(20-2)16(22-4)14(8-12)21-3/h5-9,15H,1H2,2-4H3. The van der Waals surface area contributed by atoms with E-state index in [2.05, 4.69) is 6.58 Å². The van der Waals surface area contributed by atoms with Crippen molar-refractivity contribution in [2.75, 3.05) is 26.2 Å². The first-order chi connectivity index (χ1) is 11.1. The maximum atomic E-state index is 12.3. The molecule has 1 fully saturated rings. The fourth-order valence-corrected chi connectivity index (χ4v) is 2.73. The van der Waals surface area contributed by atoms with Gasteiger partial charge in [-0.2, -0.15) is 0 Å². The van der Waals surface area contributed by atoms with E-state index in [1.54, 1.807) is 29.6 Å². The number of amides is 1. The fourth-order valence-electron chi connectivity index (χ4n) is 2.73. The zero-order valence-electron chi connectivity index (χ0n) is 13.2. The van der Waals surface area contributed by atoms with E-state index in [9.17, 15) is 4.79 Å². The van der Waals surface area contributed by atoms with Crippen LogP contribution in [0.4, 0.5) is 5.69 Å². The first-order valence-corrected chi connectivity index (χ1v) is 6.96. The molecule has 6 heteroatoms. The fraction of sp³-hybridized carbons (Fsp3) is 0.235. The molecule has 120 valence electrons. The lowest BCUT2D eigenvalue weighted by molar-refractivity contribution is -0.118. The summed E-state index contributed by atoms with van der Waals surface area (Å²) in [4.78, 5) is 13.9. The highest BCUT2D eigenvalue weighted by Crippen LogP contribution is 2.47. The van der Waals surface area contributed by atoms with Gasteiger partial charge in [-0.1, -0.05) is 6.58 Å². The highest BCUT2D eigenvalue weighted by atomic mass is 16.5. The van der Waals surface area contributed by atoms with Crippen LogP contribution in [0.15, 0.2) is 47.3 Å². The minimum atomic E-state index is -0.260. The molecule has 1 aromatic carbocycles. The normalized spacial score (nSPS) is 17.0. The van der Waals surface area contributed by atoms with E-state index in [1.807, 2.05) is 6.07 Å². The summed E-state index contributed by atoms with van der Waals surface area (Å²) in [5.41, 5.74) is 2.02. The molecule has 2 aromatic rings. The van der Waals surface area contributed by atoms with Gasteiger partial charge in [-0.15, -0.1) is 0 Å². The second-order valence-electron chi connectivity index (χ2n) is 5.04. The Labute approximate surface area is 133 Å². The van der Waals surface area contributed by atoms with Gasteiger partial charge < -0.3 is 18.6 Å². The summed E-state index contributed by atoms with van der Waals surface area (Å²) in [6.45, 7) is 3.85. The van der Waals surface area contributed by atoms with Crippen molar-refractivity contribution in [1.82, 2.24) is 0 Å². The third-order valence-electron chi connectivity index (χ3n) is 3.87. The van der Waals surface area contributed by atoms with Crippen molar-refractivity contribution in [2.45, 2.75) is 6.04 Å². The molecule has 1 aromatic heterocycles. The third kappa shape index (κ3) is 2.23. The number of hydrogen-bond donors (Lipinski definition) is 0. The maximum Gasteiger partial charge on any atom is 0.256 e. The molecule has 23 heavy (non-hydrogen) atoms. The van der Waals surface area contributed by atoms with Gasteiger partial charge in [-0.3, -0.25) is 9.69 Å². The van der Waals surface area contributed by atoms with Gasteiger partial charge in [0.25, 0.3) is 5.91 Å². The molecule has 1 aliphatic heterocycles. The Hall–Kier alpha value is -2.89. The van der Waals surface area contributed by atoms with Gasteiger partial charge in [0.05, 0.1) is 45.6 Å². The largest absolute Gasteiger partial charge is 0.493 e. The highest BCUT2D eigenvalue weighted by molar-refractivity contribution is 6.15. The molecule has 0 aliphatic carbocycles. The molecule has 0 bridgehead atoms. The van der Waals surface area contributed by atoms with Crippen molar-refractivity contribution in [1.29, 1.82) is 0 Å². The number of carbonyl (C=O) groups excluding carboxylic acids is 1. The molecular weight excluding hydrogens is 298 g/mol. The number of benzene rings is 1. The van der Waals surface area contributed by atoms with Crippen molar-refractivity contribution in [3.8, 4) is 17.2 Å². The molecule has 1 saturated heterocycles. The summed E-state index contributed by atoms with van der Waals surface area (Å²) < 4.78 is 21.1. The zero-order valence-corrected chi connectivity index (χ0v) is 13.2. The van der Waals surface area contributed by atoms with Gasteiger partial charge in [0.15, 0.2) is 11.5 Å². The Balaban J connectivity index is 2.07. The van der Waals surface area contributed by atoms with Crippen molar-refractivity contribution < 1.29 is 23.4 Å². The predicted molar refractivity (Wildman–Crippen MR) is 84.2 cm³/mol. The molecule has 3 rings (SSSR count). The topological polar surface area (TPSA) is 61.1 Å². The lowest BCUT2D eigenvalue weighted by Crippen LogP contribution is -2.48. The summed E-state index contributed by atoms with van der Waals surface area (Å²) in [6.07, 6.45) is 3.17. The number of furan rings is 1. The van der Waals surface area contributed by atoms with Crippen molar-refractivity contribution in [3.63, 3.8) is 0 Å². The number of ether oxygens (including phenoxy) is 3. The predicted octanol–water partition coefficient (Wildman–Crippen LogP) is 2.95. The summed E-state index contributed by atoms with van der Waals surface area (Å²) in [6, 6.07) is 5.02. The summed E-state index contributed by atoms with van der Waals surface area (Å²) >= 11 is 0. The Bertz CT molecular complexity index is 725. The van der Waals surface area contributed by atoms with E-state index in [0.717, 1.165) is 5.56 Å². The molecule has 1 unspecified atom stereocenters. The molecule has 1 atom stereocenters. The lowest BCUT2D eigenvalue weighted by Gasteiger charge is -2.42. The zero-order chi connectivity index (χ0) is 16.6. The molecule has 6 nitrogen and oxygen atoms in total. The first-order valence-electron chi connectivity index (χ1n) is 6.96. The number of methoxy groups -OCH3 is 3. The molecule has 2 heterocycles. The quantitative estimate of drug-likeness (QED) is 0.627. The second-order valence-corrected chi connectivity index (χ2v) is 5.04. The molecule has 0 saturated carbocycles. The molecule has 1 aliphatic rings. The Kier molecular flexibility index (Phi) is 3.73. The number of rotatable bonds is 5. The van der Waals surface area contributed by atoms with E-state index in [-0.39, 0.29) is 11.9 Å². The van der Waals surface area contributed by atoms with Gasteiger partial charge in [0, 0.05) is 23.3 Å². The van der Waals surface area contributed by atoms with Crippen LogP contribution in [0.5, 0.6) is 17.2 Å².